The first-order valence-electron chi connectivity index (χ1n) is 6.62. The molecule has 2 unspecified atom stereocenters. The van der Waals surface area contributed by atoms with Gasteiger partial charge in [-0.2, -0.15) is 0 Å². The fourth-order valence-corrected chi connectivity index (χ4v) is 2.31. The molecule has 0 radical (unpaired) electrons. The SMILES string of the molecule is CCC1NC(CC(C)C)C(=O)N1CCC(=O)OC. The van der Waals surface area contributed by atoms with E-state index in [1.54, 1.807) is 4.90 Å². The molecule has 0 aromatic heterocycles. The number of carbonyl (C=O) groups is 2. The predicted octanol–water partition coefficient (Wildman–Crippen LogP) is 1.13. The first-order chi connectivity index (χ1) is 8.49. The van der Waals surface area contributed by atoms with Gasteiger partial charge < -0.3 is 9.64 Å². The van der Waals surface area contributed by atoms with Crippen LogP contribution in [0.1, 0.15) is 40.0 Å². The fourth-order valence-electron chi connectivity index (χ4n) is 2.31. The Bertz CT molecular complexity index is 305. The van der Waals surface area contributed by atoms with E-state index in [0.717, 1.165) is 12.8 Å². The zero-order chi connectivity index (χ0) is 13.7. The Morgan fingerprint density at radius 1 is 1.50 bits per heavy atom. The minimum absolute atomic E-state index is 0.0471. The van der Waals surface area contributed by atoms with E-state index in [2.05, 4.69) is 23.9 Å². The van der Waals surface area contributed by atoms with Crippen molar-refractivity contribution in [3.63, 3.8) is 0 Å². The van der Waals surface area contributed by atoms with Crippen LogP contribution >= 0.6 is 0 Å². The Balaban J connectivity index is 2.59. The van der Waals surface area contributed by atoms with E-state index in [9.17, 15) is 9.59 Å². The molecule has 0 aliphatic carbocycles. The Labute approximate surface area is 109 Å². The van der Waals surface area contributed by atoms with Crippen molar-refractivity contribution in [1.82, 2.24) is 10.2 Å². The molecule has 1 N–H and O–H groups in total. The second-order valence-electron chi connectivity index (χ2n) is 5.13. The Kier molecular flexibility index (Phi) is 5.59. The third kappa shape index (κ3) is 3.70. The van der Waals surface area contributed by atoms with Gasteiger partial charge in [0.05, 0.1) is 25.7 Å². The summed E-state index contributed by atoms with van der Waals surface area (Å²) in [5.74, 6) is 0.314. The predicted molar refractivity (Wildman–Crippen MR) is 68.8 cm³/mol. The van der Waals surface area contributed by atoms with Crippen LogP contribution < -0.4 is 5.32 Å². The lowest BCUT2D eigenvalue weighted by molar-refractivity contribution is -0.141. The molecule has 1 fully saturated rings. The van der Waals surface area contributed by atoms with E-state index in [1.807, 2.05) is 6.92 Å². The van der Waals surface area contributed by atoms with Gasteiger partial charge in [0, 0.05) is 6.54 Å². The molecule has 0 saturated carbocycles. The number of hydrogen-bond acceptors (Lipinski definition) is 4. The summed E-state index contributed by atoms with van der Waals surface area (Å²) in [6, 6.07) is -0.104. The standard InChI is InChI=1S/C13H24N2O3/c1-5-11-14-10(8-9(2)3)13(17)15(11)7-6-12(16)18-4/h9-11,14H,5-8H2,1-4H3. The number of amides is 1. The van der Waals surface area contributed by atoms with E-state index < -0.39 is 0 Å². The molecule has 1 aliphatic heterocycles. The summed E-state index contributed by atoms with van der Waals surface area (Å²) in [6.45, 7) is 6.68. The van der Waals surface area contributed by atoms with E-state index in [0.29, 0.717) is 12.5 Å². The third-order valence-electron chi connectivity index (χ3n) is 3.23. The fraction of sp³-hybridized carbons (Fsp3) is 0.846. The number of methoxy groups -OCH3 is 1. The lowest BCUT2D eigenvalue weighted by atomic mass is 10.0. The summed E-state index contributed by atoms with van der Waals surface area (Å²) < 4.78 is 4.61. The highest BCUT2D eigenvalue weighted by molar-refractivity contribution is 5.84. The number of ether oxygens (including phenoxy) is 1. The van der Waals surface area contributed by atoms with Gasteiger partial charge in [-0.15, -0.1) is 0 Å². The summed E-state index contributed by atoms with van der Waals surface area (Å²) in [5.41, 5.74) is 0. The molecule has 1 amide bonds. The highest BCUT2D eigenvalue weighted by atomic mass is 16.5. The first kappa shape index (κ1) is 15.0. The van der Waals surface area contributed by atoms with Crippen LogP contribution in [0, 0.1) is 5.92 Å². The number of nitrogens with one attached hydrogen (secondary N) is 1. The van der Waals surface area contributed by atoms with Crippen LogP contribution in [0.2, 0.25) is 0 Å². The van der Waals surface area contributed by atoms with E-state index >= 15 is 0 Å². The summed E-state index contributed by atoms with van der Waals surface area (Å²) in [6.07, 6.45) is 1.99. The van der Waals surface area contributed by atoms with Gasteiger partial charge in [-0.05, 0) is 18.8 Å². The Hall–Kier alpha value is -1.10. The lowest BCUT2D eigenvalue weighted by Gasteiger charge is -2.22. The van der Waals surface area contributed by atoms with Crippen molar-refractivity contribution in [2.24, 2.45) is 5.92 Å². The topological polar surface area (TPSA) is 58.6 Å². The second-order valence-corrected chi connectivity index (χ2v) is 5.13. The number of esters is 1. The minimum atomic E-state index is -0.273. The zero-order valence-corrected chi connectivity index (χ0v) is 11.7. The van der Waals surface area contributed by atoms with Crippen molar-refractivity contribution < 1.29 is 14.3 Å². The van der Waals surface area contributed by atoms with Crippen molar-refractivity contribution in [3.05, 3.63) is 0 Å². The van der Waals surface area contributed by atoms with Crippen molar-refractivity contribution in [1.29, 1.82) is 0 Å². The summed E-state index contributed by atoms with van der Waals surface area (Å²) >= 11 is 0. The van der Waals surface area contributed by atoms with Crippen LogP contribution in [-0.2, 0) is 14.3 Å². The van der Waals surface area contributed by atoms with Crippen LogP contribution in [0.5, 0.6) is 0 Å². The highest BCUT2D eigenvalue weighted by Gasteiger charge is 2.37. The maximum Gasteiger partial charge on any atom is 0.307 e. The first-order valence-corrected chi connectivity index (χ1v) is 6.62. The zero-order valence-electron chi connectivity index (χ0n) is 11.7. The average Bonchev–Trinajstić information content (AvgIpc) is 2.62. The normalized spacial score (nSPS) is 23.8. The van der Waals surface area contributed by atoms with Crippen molar-refractivity contribution in [2.75, 3.05) is 13.7 Å². The number of nitrogens with zero attached hydrogens (tertiary/aromatic N) is 1. The largest absolute Gasteiger partial charge is 0.469 e. The van der Waals surface area contributed by atoms with E-state index in [4.69, 9.17) is 0 Å². The lowest BCUT2D eigenvalue weighted by Crippen LogP contribution is -2.38. The maximum atomic E-state index is 12.2. The van der Waals surface area contributed by atoms with Crippen LogP contribution in [0.3, 0.4) is 0 Å². The Morgan fingerprint density at radius 2 is 2.17 bits per heavy atom. The van der Waals surface area contributed by atoms with E-state index in [1.165, 1.54) is 7.11 Å². The quantitative estimate of drug-likeness (QED) is 0.724. The molecular weight excluding hydrogens is 232 g/mol. The minimum Gasteiger partial charge on any atom is -0.469 e. The molecule has 1 saturated heterocycles. The molecule has 1 aliphatic rings. The van der Waals surface area contributed by atoms with Crippen LogP contribution in [0.4, 0.5) is 0 Å². The molecule has 1 rings (SSSR count). The van der Waals surface area contributed by atoms with Crippen molar-refractivity contribution in [2.45, 2.75) is 52.2 Å². The van der Waals surface area contributed by atoms with Crippen LogP contribution in [-0.4, -0.2) is 42.6 Å². The van der Waals surface area contributed by atoms with Gasteiger partial charge >= 0.3 is 5.97 Å². The number of hydrogen-bond donors (Lipinski definition) is 1. The summed E-state index contributed by atoms with van der Waals surface area (Å²) in [4.78, 5) is 25.1. The van der Waals surface area contributed by atoms with Gasteiger partial charge in [0.15, 0.2) is 0 Å². The number of carbonyl (C=O) groups excluding carboxylic acids is 2. The smallest absolute Gasteiger partial charge is 0.307 e. The summed E-state index contributed by atoms with van der Waals surface area (Å²) in [5, 5.41) is 3.34. The van der Waals surface area contributed by atoms with Crippen LogP contribution in [0.25, 0.3) is 0 Å². The van der Waals surface area contributed by atoms with Crippen LogP contribution in [0.15, 0.2) is 0 Å². The van der Waals surface area contributed by atoms with Gasteiger partial charge in [-0.25, -0.2) is 0 Å². The van der Waals surface area contributed by atoms with Gasteiger partial charge in [-0.1, -0.05) is 20.8 Å². The molecule has 0 bridgehead atoms. The van der Waals surface area contributed by atoms with Crippen molar-refractivity contribution >= 4 is 11.9 Å². The molecule has 1 heterocycles. The van der Waals surface area contributed by atoms with E-state index in [-0.39, 0.29) is 30.5 Å². The molecular formula is C13H24N2O3. The number of rotatable bonds is 6. The molecule has 2 atom stereocenters. The summed E-state index contributed by atoms with van der Waals surface area (Å²) in [7, 11) is 1.37. The molecule has 18 heavy (non-hydrogen) atoms. The molecule has 5 heteroatoms. The average molecular weight is 256 g/mol. The van der Waals surface area contributed by atoms with Crippen molar-refractivity contribution in [3.8, 4) is 0 Å². The molecule has 0 aromatic rings. The third-order valence-corrected chi connectivity index (χ3v) is 3.23. The second kappa shape index (κ2) is 6.73. The molecule has 0 aromatic carbocycles. The molecule has 5 nitrogen and oxygen atoms in total. The maximum absolute atomic E-state index is 12.2. The van der Waals surface area contributed by atoms with Gasteiger partial charge in [0.25, 0.3) is 0 Å². The van der Waals surface area contributed by atoms with Gasteiger partial charge in [-0.3, -0.25) is 14.9 Å². The van der Waals surface area contributed by atoms with Gasteiger partial charge in [0.1, 0.15) is 0 Å². The monoisotopic (exact) mass is 256 g/mol. The van der Waals surface area contributed by atoms with Gasteiger partial charge in [0.2, 0.25) is 5.91 Å². The Morgan fingerprint density at radius 3 is 2.67 bits per heavy atom. The molecule has 104 valence electrons. The highest BCUT2D eigenvalue weighted by Crippen LogP contribution is 2.19. The molecule has 0 spiro atoms.